The molecular weight excluding hydrogens is 305 g/mol. The minimum absolute atomic E-state index is 0.365. The van der Waals surface area contributed by atoms with Crippen molar-refractivity contribution in [3.63, 3.8) is 0 Å². The van der Waals surface area contributed by atoms with E-state index in [4.69, 9.17) is 18.8 Å². The van der Waals surface area contributed by atoms with Crippen LogP contribution in [0.2, 0.25) is 0 Å². The molecule has 0 amide bonds. The Labute approximate surface area is 145 Å². The predicted molar refractivity (Wildman–Crippen MR) is 97.5 cm³/mol. The molecule has 2 rings (SSSR count). The number of methoxy groups -OCH3 is 2. The van der Waals surface area contributed by atoms with Crippen LogP contribution in [0, 0.1) is 0 Å². The van der Waals surface area contributed by atoms with Crippen molar-refractivity contribution >= 4 is 13.2 Å². The standard InChI is InChI=1S/C18H28BNO4/c1-17(2)18(3,4)24-19(23-17)14(12-20-5)8-13-9-15(21-6)11-16(10-13)22-7/h8-11,20H,12H2,1-7H3. The molecule has 0 aromatic heterocycles. The molecular formula is C18H28BNO4. The van der Waals surface area contributed by atoms with E-state index in [-0.39, 0.29) is 18.3 Å². The molecule has 0 saturated carbocycles. The van der Waals surface area contributed by atoms with Gasteiger partial charge in [-0.25, -0.2) is 0 Å². The molecule has 0 unspecified atom stereocenters. The van der Waals surface area contributed by atoms with E-state index < -0.39 is 0 Å². The van der Waals surface area contributed by atoms with Crippen LogP contribution in [0.4, 0.5) is 0 Å². The summed E-state index contributed by atoms with van der Waals surface area (Å²) < 4.78 is 23.0. The molecule has 1 aliphatic heterocycles. The number of rotatable bonds is 6. The first-order valence-electron chi connectivity index (χ1n) is 8.16. The van der Waals surface area contributed by atoms with Crippen molar-refractivity contribution < 1.29 is 18.8 Å². The van der Waals surface area contributed by atoms with Crippen LogP contribution in [0.5, 0.6) is 11.5 Å². The summed E-state index contributed by atoms with van der Waals surface area (Å²) >= 11 is 0. The highest BCUT2D eigenvalue weighted by Gasteiger charge is 2.52. The Kier molecular flexibility index (Phi) is 5.63. The van der Waals surface area contributed by atoms with E-state index in [2.05, 4.69) is 39.1 Å². The number of hydrogen-bond acceptors (Lipinski definition) is 5. The molecule has 1 heterocycles. The van der Waals surface area contributed by atoms with Crippen LogP contribution < -0.4 is 14.8 Å². The first kappa shape index (κ1) is 18.8. The first-order valence-corrected chi connectivity index (χ1v) is 8.16. The van der Waals surface area contributed by atoms with Gasteiger partial charge in [-0.3, -0.25) is 0 Å². The Hall–Kier alpha value is -1.50. The monoisotopic (exact) mass is 333 g/mol. The van der Waals surface area contributed by atoms with E-state index in [1.54, 1.807) is 14.2 Å². The summed E-state index contributed by atoms with van der Waals surface area (Å²) in [4.78, 5) is 0. The van der Waals surface area contributed by atoms with Crippen LogP contribution in [0.15, 0.2) is 23.7 Å². The average Bonchev–Trinajstić information content (AvgIpc) is 2.74. The zero-order valence-electron chi connectivity index (χ0n) is 15.7. The molecule has 1 N–H and O–H groups in total. The molecule has 1 aliphatic rings. The van der Waals surface area contributed by atoms with Gasteiger partial charge in [0.1, 0.15) is 11.5 Å². The Morgan fingerprint density at radius 2 is 1.54 bits per heavy atom. The largest absolute Gasteiger partial charge is 0.497 e. The third kappa shape index (κ3) is 3.94. The summed E-state index contributed by atoms with van der Waals surface area (Å²) in [6.45, 7) is 8.88. The van der Waals surface area contributed by atoms with Crippen molar-refractivity contribution in [1.82, 2.24) is 5.32 Å². The van der Waals surface area contributed by atoms with Gasteiger partial charge in [0.25, 0.3) is 0 Å². The van der Waals surface area contributed by atoms with Gasteiger partial charge in [0.05, 0.1) is 25.4 Å². The van der Waals surface area contributed by atoms with E-state index >= 15 is 0 Å². The van der Waals surface area contributed by atoms with Gasteiger partial charge in [0.2, 0.25) is 0 Å². The molecule has 0 radical (unpaired) electrons. The zero-order chi connectivity index (χ0) is 18.0. The highest BCUT2D eigenvalue weighted by Crippen LogP contribution is 2.39. The van der Waals surface area contributed by atoms with E-state index in [1.165, 1.54) is 0 Å². The molecule has 6 heteroatoms. The Morgan fingerprint density at radius 1 is 1.04 bits per heavy atom. The number of likely N-dealkylation sites (N-methyl/N-ethyl adjacent to an activating group) is 1. The second-order valence-electron chi connectivity index (χ2n) is 6.98. The van der Waals surface area contributed by atoms with Crippen LogP contribution in [0.25, 0.3) is 6.08 Å². The fourth-order valence-electron chi connectivity index (χ4n) is 2.53. The van der Waals surface area contributed by atoms with Gasteiger partial charge in [-0.05, 0) is 57.9 Å². The molecule has 0 spiro atoms. The lowest BCUT2D eigenvalue weighted by atomic mass is 9.77. The lowest BCUT2D eigenvalue weighted by Gasteiger charge is -2.32. The molecule has 1 aromatic carbocycles. The Balaban J connectivity index is 2.36. The smallest absolute Gasteiger partial charge is 0.491 e. The van der Waals surface area contributed by atoms with Crippen molar-refractivity contribution in [1.29, 1.82) is 0 Å². The SMILES string of the molecule is CNCC(=Cc1cc(OC)cc(OC)c1)B1OC(C)(C)C(C)(C)O1. The summed E-state index contributed by atoms with van der Waals surface area (Å²) in [6.07, 6.45) is 2.06. The highest BCUT2D eigenvalue weighted by atomic mass is 16.7. The van der Waals surface area contributed by atoms with Crippen molar-refractivity contribution in [2.75, 3.05) is 27.8 Å². The van der Waals surface area contributed by atoms with Gasteiger partial charge in [-0.15, -0.1) is 0 Å². The van der Waals surface area contributed by atoms with Crippen molar-refractivity contribution in [3.05, 3.63) is 29.2 Å². The predicted octanol–water partition coefficient (Wildman–Crippen LogP) is 2.94. The number of ether oxygens (including phenoxy) is 2. The maximum Gasteiger partial charge on any atom is 0.491 e. The minimum atomic E-state index is -0.389. The number of benzene rings is 1. The molecule has 132 valence electrons. The molecule has 0 bridgehead atoms. The zero-order valence-corrected chi connectivity index (χ0v) is 15.7. The van der Waals surface area contributed by atoms with Gasteiger partial charge in [0, 0.05) is 12.6 Å². The molecule has 0 atom stereocenters. The average molecular weight is 333 g/mol. The normalized spacial score (nSPS) is 19.5. The topological polar surface area (TPSA) is 49.0 Å². The van der Waals surface area contributed by atoms with Crippen LogP contribution in [0.1, 0.15) is 33.3 Å². The lowest BCUT2D eigenvalue weighted by Crippen LogP contribution is -2.41. The first-order chi connectivity index (χ1) is 11.2. The van der Waals surface area contributed by atoms with Gasteiger partial charge in [-0.2, -0.15) is 0 Å². The Bertz CT molecular complexity index is 575. The van der Waals surface area contributed by atoms with Crippen molar-refractivity contribution in [3.8, 4) is 11.5 Å². The molecule has 0 aliphatic carbocycles. The lowest BCUT2D eigenvalue weighted by molar-refractivity contribution is 0.00578. The fraction of sp³-hybridized carbons (Fsp3) is 0.556. The van der Waals surface area contributed by atoms with Crippen molar-refractivity contribution in [2.24, 2.45) is 0 Å². The quantitative estimate of drug-likeness (QED) is 0.811. The van der Waals surface area contributed by atoms with E-state index in [0.717, 1.165) is 22.5 Å². The second kappa shape index (κ2) is 7.17. The summed E-state index contributed by atoms with van der Waals surface area (Å²) in [6, 6.07) is 5.77. The summed E-state index contributed by atoms with van der Waals surface area (Å²) in [7, 11) is 4.81. The molecule has 1 aromatic rings. The summed E-state index contributed by atoms with van der Waals surface area (Å²) in [5, 5.41) is 3.19. The molecule has 1 saturated heterocycles. The summed E-state index contributed by atoms with van der Waals surface area (Å²) in [5.74, 6) is 1.50. The van der Waals surface area contributed by atoms with Gasteiger partial charge in [-0.1, -0.05) is 6.08 Å². The number of nitrogens with one attached hydrogen (secondary N) is 1. The fourth-order valence-corrected chi connectivity index (χ4v) is 2.53. The van der Waals surface area contributed by atoms with Crippen LogP contribution in [-0.4, -0.2) is 46.1 Å². The number of hydrogen-bond donors (Lipinski definition) is 1. The maximum atomic E-state index is 6.17. The van der Waals surface area contributed by atoms with Crippen LogP contribution in [0.3, 0.4) is 0 Å². The molecule has 5 nitrogen and oxygen atoms in total. The van der Waals surface area contributed by atoms with Crippen LogP contribution >= 0.6 is 0 Å². The van der Waals surface area contributed by atoms with Gasteiger partial charge < -0.3 is 24.1 Å². The highest BCUT2D eigenvalue weighted by molar-refractivity contribution is 6.55. The van der Waals surface area contributed by atoms with Gasteiger partial charge in [0.15, 0.2) is 0 Å². The minimum Gasteiger partial charge on any atom is -0.497 e. The molecule has 24 heavy (non-hydrogen) atoms. The van der Waals surface area contributed by atoms with E-state index in [9.17, 15) is 0 Å². The van der Waals surface area contributed by atoms with Gasteiger partial charge >= 0.3 is 7.12 Å². The van der Waals surface area contributed by atoms with E-state index in [0.29, 0.717) is 6.54 Å². The van der Waals surface area contributed by atoms with E-state index in [1.807, 2.05) is 25.2 Å². The summed E-state index contributed by atoms with van der Waals surface area (Å²) in [5.41, 5.74) is 1.27. The Morgan fingerprint density at radius 3 is 1.96 bits per heavy atom. The third-order valence-corrected chi connectivity index (χ3v) is 4.66. The maximum absolute atomic E-state index is 6.17. The second-order valence-corrected chi connectivity index (χ2v) is 6.98. The molecule has 1 fully saturated rings. The third-order valence-electron chi connectivity index (χ3n) is 4.66. The van der Waals surface area contributed by atoms with Crippen molar-refractivity contribution in [2.45, 2.75) is 38.9 Å². The van der Waals surface area contributed by atoms with Crippen LogP contribution in [-0.2, 0) is 9.31 Å².